The summed E-state index contributed by atoms with van der Waals surface area (Å²) < 4.78 is 0. The van der Waals surface area contributed by atoms with E-state index < -0.39 is 0 Å². The van der Waals surface area contributed by atoms with Crippen LogP contribution in [0.4, 0.5) is 0 Å². The Morgan fingerprint density at radius 1 is 1.25 bits per heavy atom. The van der Waals surface area contributed by atoms with Crippen molar-refractivity contribution in [2.75, 3.05) is 39.3 Å². The minimum atomic E-state index is -0.218. The van der Waals surface area contributed by atoms with Crippen molar-refractivity contribution in [3.8, 4) is 0 Å². The average Bonchev–Trinajstić information content (AvgIpc) is 2.27. The summed E-state index contributed by atoms with van der Waals surface area (Å²) in [6, 6.07) is 0. The molecule has 1 aliphatic rings. The van der Waals surface area contributed by atoms with Crippen LogP contribution in [0.15, 0.2) is 0 Å². The van der Waals surface area contributed by atoms with Crippen LogP contribution in [-0.4, -0.2) is 60.5 Å². The van der Waals surface area contributed by atoms with Gasteiger partial charge in [0.05, 0.1) is 0 Å². The molecule has 1 rings (SSSR count). The van der Waals surface area contributed by atoms with Crippen molar-refractivity contribution in [2.45, 2.75) is 25.8 Å². The second kappa shape index (κ2) is 5.61. The number of rotatable bonds is 5. The van der Waals surface area contributed by atoms with Crippen molar-refractivity contribution < 1.29 is 4.79 Å². The highest BCUT2D eigenvalue weighted by Crippen LogP contribution is 2.15. The van der Waals surface area contributed by atoms with E-state index in [4.69, 9.17) is 11.5 Å². The van der Waals surface area contributed by atoms with Crippen LogP contribution in [0.2, 0.25) is 0 Å². The van der Waals surface area contributed by atoms with E-state index in [0.717, 1.165) is 32.7 Å². The van der Waals surface area contributed by atoms with Crippen LogP contribution in [0.5, 0.6) is 0 Å². The first kappa shape index (κ1) is 13.4. The first-order valence-electron chi connectivity index (χ1n) is 5.91. The molecule has 0 aromatic rings. The molecule has 1 fully saturated rings. The van der Waals surface area contributed by atoms with Gasteiger partial charge >= 0.3 is 0 Å². The Labute approximate surface area is 97.7 Å². The Morgan fingerprint density at radius 2 is 1.81 bits per heavy atom. The molecule has 0 unspecified atom stereocenters. The lowest BCUT2D eigenvalue weighted by atomic mass is 10.0. The van der Waals surface area contributed by atoms with Gasteiger partial charge in [0.25, 0.3) is 0 Å². The van der Waals surface area contributed by atoms with E-state index >= 15 is 0 Å². The van der Waals surface area contributed by atoms with Crippen molar-refractivity contribution in [1.82, 2.24) is 9.80 Å². The Bertz CT molecular complexity index is 234. The zero-order valence-corrected chi connectivity index (χ0v) is 10.4. The van der Waals surface area contributed by atoms with Gasteiger partial charge in [-0.2, -0.15) is 0 Å². The van der Waals surface area contributed by atoms with Gasteiger partial charge in [-0.15, -0.1) is 0 Å². The number of hydrogen-bond acceptors (Lipinski definition) is 4. The van der Waals surface area contributed by atoms with Gasteiger partial charge < -0.3 is 16.4 Å². The van der Waals surface area contributed by atoms with Crippen molar-refractivity contribution in [3.05, 3.63) is 0 Å². The van der Waals surface area contributed by atoms with E-state index in [1.54, 1.807) is 0 Å². The van der Waals surface area contributed by atoms with Crippen LogP contribution < -0.4 is 11.5 Å². The third kappa shape index (κ3) is 3.73. The molecule has 16 heavy (non-hydrogen) atoms. The monoisotopic (exact) mass is 228 g/mol. The normalized spacial score (nSPS) is 19.9. The molecular weight excluding hydrogens is 204 g/mol. The maximum atomic E-state index is 10.7. The fourth-order valence-electron chi connectivity index (χ4n) is 1.97. The van der Waals surface area contributed by atoms with E-state index in [-0.39, 0.29) is 11.4 Å². The predicted molar refractivity (Wildman–Crippen MR) is 65.0 cm³/mol. The standard InChI is InChI=1S/C11H24N4O/c1-11(2,9-12)15-7-5-14(6-8-15)4-3-10(13)16/h3-9,12H2,1-2H3,(H2,13,16). The Kier molecular flexibility index (Phi) is 4.70. The van der Waals surface area contributed by atoms with Gasteiger partial charge in [-0.25, -0.2) is 0 Å². The summed E-state index contributed by atoms with van der Waals surface area (Å²) in [7, 11) is 0. The number of carbonyl (C=O) groups excluding carboxylic acids is 1. The zero-order valence-electron chi connectivity index (χ0n) is 10.4. The van der Waals surface area contributed by atoms with E-state index in [1.807, 2.05) is 0 Å². The molecule has 0 bridgehead atoms. The first-order valence-corrected chi connectivity index (χ1v) is 5.91. The molecule has 4 N–H and O–H groups in total. The van der Waals surface area contributed by atoms with Crippen LogP contribution in [0.25, 0.3) is 0 Å². The smallest absolute Gasteiger partial charge is 0.218 e. The number of piperazine rings is 1. The summed E-state index contributed by atoms with van der Waals surface area (Å²) in [5.41, 5.74) is 11.0. The quantitative estimate of drug-likeness (QED) is 0.647. The molecule has 1 aliphatic heterocycles. The molecule has 0 radical (unpaired) electrons. The second-order valence-corrected chi connectivity index (χ2v) is 5.06. The molecule has 0 aromatic heterocycles. The third-order valence-corrected chi connectivity index (χ3v) is 3.40. The molecule has 0 aliphatic carbocycles. The molecular formula is C11H24N4O. The lowest BCUT2D eigenvalue weighted by molar-refractivity contribution is -0.118. The molecule has 5 heteroatoms. The third-order valence-electron chi connectivity index (χ3n) is 3.40. The highest BCUT2D eigenvalue weighted by molar-refractivity contribution is 5.73. The van der Waals surface area contributed by atoms with Crippen LogP contribution in [0.1, 0.15) is 20.3 Å². The van der Waals surface area contributed by atoms with Crippen LogP contribution in [0, 0.1) is 0 Å². The van der Waals surface area contributed by atoms with Gasteiger partial charge in [-0.05, 0) is 13.8 Å². The number of hydrogen-bond donors (Lipinski definition) is 2. The number of nitrogens with two attached hydrogens (primary N) is 2. The van der Waals surface area contributed by atoms with Crippen molar-refractivity contribution in [2.24, 2.45) is 11.5 Å². The van der Waals surface area contributed by atoms with Gasteiger partial charge in [0.1, 0.15) is 0 Å². The van der Waals surface area contributed by atoms with Gasteiger partial charge in [0.15, 0.2) is 0 Å². The maximum Gasteiger partial charge on any atom is 0.218 e. The topological polar surface area (TPSA) is 75.6 Å². The highest BCUT2D eigenvalue weighted by atomic mass is 16.1. The molecule has 0 atom stereocenters. The maximum absolute atomic E-state index is 10.7. The molecule has 94 valence electrons. The van der Waals surface area contributed by atoms with E-state index in [9.17, 15) is 4.79 Å². The first-order chi connectivity index (χ1) is 7.45. The summed E-state index contributed by atoms with van der Waals surface area (Å²) in [5.74, 6) is -0.218. The van der Waals surface area contributed by atoms with E-state index in [1.165, 1.54) is 0 Å². The van der Waals surface area contributed by atoms with E-state index in [0.29, 0.717) is 13.0 Å². The molecule has 0 spiro atoms. The van der Waals surface area contributed by atoms with E-state index in [2.05, 4.69) is 23.6 Å². The van der Waals surface area contributed by atoms with Gasteiger partial charge in [0.2, 0.25) is 5.91 Å². The Morgan fingerprint density at radius 3 is 2.25 bits per heavy atom. The van der Waals surface area contributed by atoms with Gasteiger partial charge in [0, 0.05) is 51.2 Å². The second-order valence-electron chi connectivity index (χ2n) is 5.06. The van der Waals surface area contributed by atoms with Crippen LogP contribution in [-0.2, 0) is 4.79 Å². The zero-order chi connectivity index (χ0) is 12.2. The summed E-state index contributed by atoms with van der Waals surface area (Å²) in [6.07, 6.45) is 0.459. The van der Waals surface area contributed by atoms with Gasteiger partial charge in [-0.1, -0.05) is 0 Å². The fraction of sp³-hybridized carbons (Fsp3) is 0.909. The number of primary amides is 1. The average molecular weight is 228 g/mol. The largest absolute Gasteiger partial charge is 0.370 e. The van der Waals surface area contributed by atoms with Crippen molar-refractivity contribution in [1.29, 1.82) is 0 Å². The summed E-state index contributed by atoms with van der Waals surface area (Å²) in [5, 5.41) is 0. The summed E-state index contributed by atoms with van der Waals surface area (Å²) >= 11 is 0. The Balaban J connectivity index is 2.31. The molecule has 1 saturated heterocycles. The lowest BCUT2D eigenvalue weighted by Gasteiger charge is -2.43. The molecule has 0 aromatic carbocycles. The molecule has 1 heterocycles. The summed E-state index contributed by atoms with van der Waals surface area (Å²) in [6.45, 7) is 9.83. The molecule has 0 saturated carbocycles. The van der Waals surface area contributed by atoms with Gasteiger partial charge in [-0.3, -0.25) is 9.69 Å². The fourth-order valence-corrected chi connectivity index (χ4v) is 1.97. The van der Waals surface area contributed by atoms with Crippen molar-refractivity contribution in [3.63, 3.8) is 0 Å². The molecule has 1 amide bonds. The SMILES string of the molecule is CC(C)(CN)N1CCN(CCC(N)=O)CC1. The lowest BCUT2D eigenvalue weighted by Crippen LogP contribution is -2.57. The van der Waals surface area contributed by atoms with Crippen molar-refractivity contribution >= 4 is 5.91 Å². The number of nitrogens with zero attached hydrogens (tertiary/aromatic N) is 2. The number of amides is 1. The highest BCUT2D eigenvalue weighted by Gasteiger charge is 2.28. The summed E-state index contributed by atoms with van der Waals surface area (Å²) in [4.78, 5) is 15.4. The number of carbonyl (C=O) groups is 1. The minimum Gasteiger partial charge on any atom is -0.370 e. The minimum absolute atomic E-state index is 0.0791. The molecule has 5 nitrogen and oxygen atoms in total. The van der Waals surface area contributed by atoms with Crippen LogP contribution in [0.3, 0.4) is 0 Å². The predicted octanol–water partition coefficient (Wildman–Crippen LogP) is -0.783. The van der Waals surface area contributed by atoms with Crippen LogP contribution >= 0.6 is 0 Å². The Hall–Kier alpha value is -0.650.